The predicted octanol–water partition coefficient (Wildman–Crippen LogP) is 6.40. The summed E-state index contributed by atoms with van der Waals surface area (Å²) in [7, 11) is 0. The van der Waals surface area contributed by atoms with Crippen molar-refractivity contribution in [2.75, 3.05) is 0 Å². The Bertz CT molecular complexity index is 1030. The molecular weight excluding hydrogens is 408 g/mol. The van der Waals surface area contributed by atoms with Crippen LogP contribution in [0.1, 0.15) is 38.8 Å². The number of carbonyl (C=O) groups excluding carboxylic acids is 1. The van der Waals surface area contributed by atoms with E-state index in [9.17, 15) is 13.6 Å². The molecule has 1 unspecified atom stereocenters. The fourth-order valence-electron chi connectivity index (χ4n) is 2.96. The Labute approximate surface area is 188 Å². The molecule has 0 heterocycles. The molecule has 0 fully saturated rings. The van der Waals surface area contributed by atoms with E-state index in [0.717, 1.165) is 17.7 Å². The van der Waals surface area contributed by atoms with Crippen molar-refractivity contribution in [3.8, 4) is 0 Å². The van der Waals surface area contributed by atoms with Crippen molar-refractivity contribution >= 4 is 11.7 Å². The molecule has 0 saturated carbocycles. The lowest BCUT2D eigenvalue weighted by molar-refractivity contribution is -0.156. The summed E-state index contributed by atoms with van der Waals surface area (Å²) in [6.45, 7) is 11.0. The number of nitrogens with zero attached hydrogens (tertiary/aromatic N) is 1. The summed E-state index contributed by atoms with van der Waals surface area (Å²) in [5.41, 5.74) is 1.42. The molecule has 0 aliphatic rings. The van der Waals surface area contributed by atoms with Gasteiger partial charge in [0, 0.05) is 18.1 Å². The van der Waals surface area contributed by atoms with Crippen molar-refractivity contribution in [2.45, 2.75) is 45.8 Å². The first-order valence-corrected chi connectivity index (χ1v) is 10.4. The number of hydrogen-bond donors (Lipinski definition) is 0. The van der Waals surface area contributed by atoms with Gasteiger partial charge >= 0.3 is 5.97 Å². The van der Waals surface area contributed by atoms with Gasteiger partial charge in [-0.2, -0.15) is 0 Å². The highest BCUT2D eigenvalue weighted by molar-refractivity contribution is 6.15. The van der Waals surface area contributed by atoms with Crippen molar-refractivity contribution in [2.24, 2.45) is 4.99 Å². The van der Waals surface area contributed by atoms with Gasteiger partial charge in [-0.1, -0.05) is 67.3 Å². The molecule has 2 aromatic rings. The zero-order valence-electron chi connectivity index (χ0n) is 18.9. The van der Waals surface area contributed by atoms with Gasteiger partial charge in [0.1, 0.15) is 17.2 Å². The molecule has 0 saturated heterocycles. The lowest BCUT2D eigenvalue weighted by atomic mass is 9.99. The molecule has 0 spiro atoms. The van der Waals surface area contributed by atoms with E-state index in [4.69, 9.17) is 9.73 Å². The minimum Gasteiger partial charge on any atom is -0.458 e. The third-order valence-corrected chi connectivity index (χ3v) is 4.40. The van der Waals surface area contributed by atoms with E-state index < -0.39 is 29.2 Å². The molecule has 168 valence electrons. The van der Waals surface area contributed by atoms with Crippen LogP contribution in [0.2, 0.25) is 0 Å². The van der Waals surface area contributed by atoms with Crippen LogP contribution in [-0.2, 0) is 16.0 Å². The molecule has 0 aliphatic heterocycles. The van der Waals surface area contributed by atoms with Crippen molar-refractivity contribution < 1.29 is 18.3 Å². The highest BCUT2D eigenvalue weighted by Gasteiger charge is 2.27. The molecule has 0 aliphatic carbocycles. The third kappa shape index (κ3) is 7.41. The standard InChI is InChI=1S/C27H29F2NO2/c1-6-8-12-19(7-2)25(20-13-10-9-11-14-20)30-24(26(31)32-27(3,4)5)17-21-15-16-22(28)18-23(21)29/h6-16,18,24H,2,17H2,1,3-5H3/b8-6-,19-12+,30-25+. The summed E-state index contributed by atoms with van der Waals surface area (Å²) < 4.78 is 33.3. The molecule has 2 aromatic carbocycles. The van der Waals surface area contributed by atoms with E-state index >= 15 is 0 Å². The summed E-state index contributed by atoms with van der Waals surface area (Å²) in [4.78, 5) is 17.8. The fraction of sp³-hybridized carbons (Fsp3) is 0.259. The zero-order valence-corrected chi connectivity index (χ0v) is 18.9. The fourth-order valence-corrected chi connectivity index (χ4v) is 2.96. The molecule has 3 nitrogen and oxygen atoms in total. The Kier molecular flexibility index (Phi) is 8.82. The first kappa shape index (κ1) is 24.9. The van der Waals surface area contributed by atoms with Crippen LogP contribution in [0.3, 0.4) is 0 Å². The van der Waals surface area contributed by atoms with Crippen molar-refractivity contribution in [3.63, 3.8) is 0 Å². The Morgan fingerprint density at radius 3 is 2.41 bits per heavy atom. The number of esters is 1. The van der Waals surface area contributed by atoms with Crippen LogP contribution >= 0.6 is 0 Å². The van der Waals surface area contributed by atoms with Gasteiger partial charge in [-0.3, -0.25) is 4.99 Å². The van der Waals surface area contributed by atoms with Crippen LogP contribution in [0, 0.1) is 11.6 Å². The second-order valence-corrected chi connectivity index (χ2v) is 8.18. The lowest BCUT2D eigenvalue weighted by Crippen LogP contribution is -2.33. The van der Waals surface area contributed by atoms with Gasteiger partial charge in [-0.25, -0.2) is 13.6 Å². The smallest absolute Gasteiger partial charge is 0.331 e. The first-order valence-electron chi connectivity index (χ1n) is 10.4. The van der Waals surface area contributed by atoms with E-state index in [1.54, 1.807) is 26.8 Å². The monoisotopic (exact) mass is 437 g/mol. The Morgan fingerprint density at radius 1 is 1.16 bits per heavy atom. The van der Waals surface area contributed by atoms with E-state index in [1.807, 2.05) is 55.5 Å². The summed E-state index contributed by atoms with van der Waals surface area (Å²) in [5.74, 6) is -2.01. The molecular formula is C27H29F2NO2. The van der Waals surface area contributed by atoms with Crippen molar-refractivity contribution in [3.05, 3.63) is 108 Å². The van der Waals surface area contributed by atoms with Gasteiger partial charge < -0.3 is 4.74 Å². The van der Waals surface area contributed by atoms with Crippen LogP contribution in [0.4, 0.5) is 8.78 Å². The van der Waals surface area contributed by atoms with Gasteiger partial charge in [0.15, 0.2) is 6.04 Å². The van der Waals surface area contributed by atoms with E-state index in [0.29, 0.717) is 11.3 Å². The minimum absolute atomic E-state index is 0.0780. The number of rotatable bonds is 8. The third-order valence-electron chi connectivity index (χ3n) is 4.40. The van der Waals surface area contributed by atoms with Crippen LogP contribution in [0.15, 0.2) is 90.0 Å². The maximum Gasteiger partial charge on any atom is 0.331 e. The van der Waals surface area contributed by atoms with Crippen molar-refractivity contribution in [1.82, 2.24) is 0 Å². The number of hydrogen-bond acceptors (Lipinski definition) is 3. The largest absolute Gasteiger partial charge is 0.458 e. The molecule has 2 rings (SSSR count). The average Bonchev–Trinajstić information content (AvgIpc) is 2.73. The van der Waals surface area contributed by atoms with Crippen LogP contribution in [0.5, 0.6) is 0 Å². The van der Waals surface area contributed by atoms with E-state index in [-0.39, 0.29) is 12.0 Å². The van der Waals surface area contributed by atoms with Crippen LogP contribution in [-0.4, -0.2) is 23.3 Å². The SMILES string of the molecule is C=CC(=C\C=C/C)/C(=N\C(Cc1ccc(F)cc1F)C(=O)OC(C)(C)C)c1ccccc1. The van der Waals surface area contributed by atoms with E-state index in [2.05, 4.69) is 6.58 Å². The lowest BCUT2D eigenvalue weighted by Gasteiger charge is -2.23. The quantitative estimate of drug-likeness (QED) is 0.272. The summed E-state index contributed by atoms with van der Waals surface area (Å²) in [5, 5.41) is 0. The van der Waals surface area contributed by atoms with Gasteiger partial charge in [0.05, 0.1) is 5.71 Å². The van der Waals surface area contributed by atoms with Crippen molar-refractivity contribution in [1.29, 1.82) is 0 Å². The number of aliphatic imine (C=N–C) groups is 1. The average molecular weight is 438 g/mol. The van der Waals surface area contributed by atoms with Gasteiger partial charge in [-0.05, 0) is 44.9 Å². The molecule has 0 radical (unpaired) electrons. The molecule has 5 heteroatoms. The summed E-state index contributed by atoms with van der Waals surface area (Å²) in [6, 6.07) is 11.6. The minimum atomic E-state index is -1.04. The Balaban J connectivity index is 2.62. The van der Waals surface area contributed by atoms with Crippen LogP contribution in [0.25, 0.3) is 0 Å². The van der Waals surface area contributed by atoms with E-state index in [1.165, 1.54) is 6.07 Å². The van der Waals surface area contributed by atoms with Crippen LogP contribution < -0.4 is 0 Å². The second kappa shape index (κ2) is 11.3. The maximum absolute atomic E-state index is 14.4. The zero-order chi connectivity index (χ0) is 23.7. The molecule has 32 heavy (non-hydrogen) atoms. The highest BCUT2D eigenvalue weighted by atomic mass is 19.1. The number of halogens is 2. The second-order valence-electron chi connectivity index (χ2n) is 8.18. The molecule has 0 N–H and O–H groups in total. The van der Waals surface area contributed by atoms with Gasteiger partial charge in [-0.15, -0.1) is 0 Å². The molecule has 0 amide bonds. The normalized spacial score (nSPS) is 13.8. The highest BCUT2D eigenvalue weighted by Crippen LogP contribution is 2.20. The number of carbonyl (C=O) groups is 1. The molecule has 0 bridgehead atoms. The number of allylic oxidation sites excluding steroid dienone is 5. The summed E-state index contributed by atoms with van der Waals surface area (Å²) in [6.07, 6.45) is 7.12. The number of ether oxygens (including phenoxy) is 1. The van der Waals surface area contributed by atoms with Gasteiger partial charge in [0.25, 0.3) is 0 Å². The molecule has 1 atom stereocenters. The first-order chi connectivity index (χ1) is 15.1. The Morgan fingerprint density at radius 2 is 1.84 bits per heavy atom. The number of benzene rings is 2. The molecule has 0 aromatic heterocycles. The topological polar surface area (TPSA) is 38.7 Å². The van der Waals surface area contributed by atoms with Gasteiger partial charge in [0.2, 0.25) is 0 Å². The Hall–Kier alpha value is -3.34. The predicted molar refractivity (Wildman–Crippen MR) is 126 cm³/mol. The maximum atomic E-state index is 14.4. The summed E-state index contributed by atoms with van der Waals surface area (Å²) >= 11 is 0.